The smallest absolute Gasteiger partial charge is 0.187 e. The van der Waals surface area contributed by atoms with E-state index in [9.17, 15) is 4.39 Å². The normalized spacial score (nSPS) is 15.0. The summed E-state index contributed by atoms with van der Waals surface area (Å²) in [4.78, 5) is 11.0. The molecule has 1 aromatic heterocycles. The third-order valence-electron chi connectivity index (χ3n) is 3.62. The molecule has 3 nitrogen and oxygen atoms in total. The van der Waals surface area contributed by atoms with E-state index in [1.54, 1.807) is 23.9 Å². The highest BCUT2D eigenvalue weighted by atomic mass is 35.5. The molecule has 0 aliphatic carbocycles. The minimum absolute atomic E-state index is 0.248. The third kappa shape index (κ3) is 3.20. The van der Waals surface area contributed by atoms with E-state index in [0.717, 1.165) is 35.9 Å². The number of halogens is 2. The van der Waals surface area contributed by atoms with E-state index >= 15 is 0 Å². The van der Waals surface area contributed by atoms with Crippen molar-refractivity contribution in [3.63, 3.8) is 0 Å². The van der Waals surface area contributed by atoms with Crippen molar-refractivity contribution in [2.24, 2.45) is 0 Å². The first-order valence-electron chi connectivity index (χ1n) is 6.71. The van der Waals surface area contributed by atoms with Crippen LogP contribution in [0.3, 0.4) is 0 Å². The van der Waals surface area contributed by atoms with Crippen molar-refractivity contribution < 1.29 is 4.39 Å². The highest BCUT2D eigenvalue weighted by Gasteiger charge is 2.20. The average Bonchev–Trinajstić information content (AvgIpc) is 2.50. The minimum Gasteiger partial charge on any atom is -0.294 e. The predicted molar refractivity (Wildman–Crippen MR) is 83.0 cm³/mol. The van der Waals surface area contributed by atoms with Gasteiger partial charge in [0.1, 0.15) is 5.82 Å². The summed E-state index contributed by atoms with van der Waals surface area (Å²) in [6.45, 7) is 2.09. The molecule has 0 bridgehead atoms. The van der Waals surface area contributed by atoms with Gasteiger partial charge in [-0.2, -0.15) is 0 Å². The molecule has 0 radical (unpaired) electrons. The fraction of sp³-hybridized carbons (Fsp3) is 0.333. The Kier molecular flexibility index (Phi) is 4.42. The molecule has 21 heavy (non-hydrogen) atoms. The molecular formula is C15H15ClFN3S. The summed E-state index contributed by atoms with van der Waals surface area (Å²) in [5, 5.41) is 1.29. The molecular weight excluding hydrogens is 309 g/mol. The first kappa shape index (κ1) is 14.8. The molecule has 0 saturated carbocycles. The Morgan fingerprint density at radius 1 is 1.43 bits per heavy atom. The lowest BCUT2D eigenvalue weighted by molar-refractivity contribution is 0.239. The Morgan fingerprint density at radius 2 is 2.29 bits per heavy atom. The van der Waals surface area contributed by atoms with Crippen LogP contribution in [-0.4, -0.2) is 27.7 Å². The largest absolute Gasteiger partial charge is 0.294 e. The van der Waals surface area contributed by atoms with Gasteiger partial charge in [-0.1, -0.05) is 29.4 Å². The van der Waals surface area contributed by atoms with Crippen molar-refractivity contribution in [2.45, 2.75) is 24.7 Å². The number of fused-ring (bicyclic) bond motifs is 1. The van der Waals surface area contributed by atoms with Crippen LogP contribution in [0.15, 0.2) is 29.6 Å². The lowest BCUT2D eigenvalue weighted by atomic mass is 10.1. The topological polar surface area (TPSA) is 29.0 Å². The first-order valence-corrected chi connectivity index (χ1v) is 8.31. The molecule has 0 amide bonds. The van der Waals surface area contributed by atoms with Gasteiger partial charge in [0.15, 0.2) is 5.16 Å². The molecule has 1 aromatic carbocycles. The van der Waals surface area contributed by atoms with Gasteiger partial charge in [0, 0.05) is 48.4 Å². The quantitative estimate of drug-likeness (QED) is 0.638. The number of benzene rings is 1. The van der Waals surface area contributed by atoms with Crippen molar-refractivity contribution >= 4 is 23.4 Å². The van der Waals surface area contributed by atoms with Crippen molar-refractivity contribution in [1.29, 1.82) is 0 Å². The molecule has 3 rings (SSSR count). The van der Waals surface area contributed by atoms with E-state index in [4.69, 9.17) is 11.6 Å². The van der Waals surface area contributed by atoms with Crippen LogP contribution in [0, 0.1) is 5.82 Å². The predicted octanol–water partition coefficient (Wildman–Crippen LogP) is 3.55. The zero-order valence-electron chi connectivity index (χ0n) is 11.6. The van der Waals surface area contributed by atoms with Gasteiger partial charge in [0.05, 0.1) is 5.69 Å². The SMILES string of the molecule is CSc1ncc2c(n1)CCN(Cc1c(F)cccc1Cl)C2. The second-order valence-electron chi connectivity index (χ2n) is 4.99. The summed E-state index contributed by atoms with van der Waals surface area (Å²) >= 11 is 7.64. The number of hydrogen-bond acceptors (Lipinski definition) is 4. The van der Waals surface area contributed by atoms with Crippen LogP contribution < -0.4 is 0 Å². The summed E-state index contributed by atoms with van der Waals surface area (Å²) in [5.41, 5.74) is 2.78. The van der Waals surface area contributed by atoms with Crippen LogP contribution in [0.1, 0.15) is 16.8 Å². The van der Waals surface area contributed by atoms with Gasteiger partial charge in [0.25, 0.3) is 0 Å². The molecule has 0 spiro atoms. The van der Waals surface area contributed by atoms with E-state index < -0.39 is 0 Å². The highest BCUT2D eigenvalue weighted by Crippen LogP contribution is 2.24. The molecule has 2 heterocycles. The summed E-state index contributed by atoms with van der Waals surface area (Å²) in [7, 11) is 0. The van der Waals surface area contributed by atoms with Crippen molar-refractivity contribution in [3.8, 4) is 0 Å². The Hall–Kier alpha value is -1.17. The minimum atomic E-state index is -0.248. The number of nitrogens with zero attached hydrogens (tertiary/aromatic N) is 3. The van der Waals surface area contributed by atoms with Crippen LogP contribution in [-0.2, 0) is 19.5 Å². The fourth-order valence-electron chi connectivity index (χ4n) is 2.50. The Bertz CT molecular complexity index is 645. The van der Waals surface area contributed by atoms with Gasteiger partial charge in [-0.05, 0) is 18.4 Å². The maximum atomic E-state index is 13.9. The summed E-state index contributed by atoms with van der Waals surface area (Å²) in [6.07, 6.45) is 4.71. The lowest BCUT2D eigenvalue weighted by Crippen LogP contribution is -2.31. The molecule has 0 N–H and O–H groups in total. The molecule has 0 atom stereocenters. The maximum absolute atomic E-state index is 13.9. The van der Waals surface area contributed by atoms with Crippen LogP contribution in [0.5, 0.6) is 0 Å². The van der Waals surface area contributed by atoms with Gasteiger partial charge in [0.2, 0.25) is 0 Å². The Balaban J connectivity index is 1.77. The van der Waals surface area contributed by atoms with E-state index in [0.29, 0.717) is 17.1 Å². The van der Waals surface area contributed by atoms with Crippen molar-refractivity contribution in [3.05, 3.63) is 52.1 Å². The van der Waals surface area contributed by atoms with E-state index in [-0.39, 0.29) is 5.82 Å². The monoisotopic (exact) mass is 323 g/mol. The van der Waals surface area contributed by atoms with Crippen LogP contribution in [0.25, 0.3) is 0 Å². The van der Waals surface area contributed by atoms with Crippen molar-refractivity contribution in [2.75, 3.05) is 12.8 Å². The van der Waals surface area contributed by atoms with Gasteiger partial charge in [-0.15, -0.1) is 0 Å². The highest BCUT2D eigenvalue weighted by molar-refractivity contribution is 7.98. The number of aromatic nitrogens is 2. The molecule has 2 aromatic rings. The molecule has 1 aliphatic rings. The Morgan fingerprint density at radius 3 is 3.05 bits per heavy atom. The van der Waals surface area contributed by atoms with Gasteiger partial charge in [-0.25, -0.2) is 14.4 Å². The summed E-state index contributed by atoms with van der Waals surface area (Å²) in [5.74, 6) is -0.248. The molecule has 0 fully saturated rings. The van der Waals surface area contributed by atoms with Crippen LogP contribution >= 0.6 is 23.4 Å². The van der Waals surface area contributed by atoms with Gasteiger partial charge < -0.3 is 0 Å². The Labute approximate surface area is 132 Å². The average molecular weight is 324 g/mol. The van der Waals surface area contributed by atoms with Gasteiger partial charge in [-0.3, -0.25) is 4.90 Å². The fourth-order valence-corrected chi connectivity index (χ4v) is 3.08. The van der Waals surface area contributed by atoms with Crippen molar-refractivity contribution in [1.82, 2.24) is 14.9 Å². The molecule has 0 saturated heterocycles. The van der Waals surface area contributed by atoms with E-state index in [1.165, 1.54) is 6.07 Å². The van der Waals surface area contributed by atoms with Crippen LogP contribution in [0.2, 0.25) is 5.02 Å². The number of thioether (sulfide) groups is 1. The lowest BCUT2D eigenvalue weighted by Gasteiger charge is -2.28. The second-order valence-corrected chi connectivity index (χ2v) is 6.17. The summed E-state index contributed by atoms with van der Waals surface area (Å²) in [6, 6.07) is 4.81. The second kappa shape index (κ2) is 6.30. The molecule has 0 unspecified atom stereocenters. The van der Waals surface area contributed by atoms with E-state index in [1.807, 2.05) is 12.5 Å². The number of rotatable bonds is 3. The molecule has 1 aliphatic heterocycles. The van der Waals surface area contributed by atoms with Crippen LogP contribution in [0.4, 0.5) is 4.39 Å². The first-order chi connectivity index (χ1) is 10.2. The zero-order chi connectivity index (χ0) is 14.8. The molecule has 6 heteroatoms. The standard InChI is InChI=1S/C15H15ClFN3S/c1-21-15-18-7-10-8-20(6-5-14(10)19-15)9-11-12(16)3-2-4-13(11)17/h2-4,7H,5-6,8-9H2,1H3. The zero-order valence-corrected chi connectivity index (χ0v) is 13.2. The molecule has 110 valence electrons. The maximum Gasteiger partial charge on any atom is 0.187 e. The van der Waals surface area contributed by atoms with E-state index in [2.05, 4.69) is 14.9 Å². The summed E-state index contributed by atoms with van der Waals surface area (Å²) < 4.78 is 13.9. The number of hydrogen-bond donors (Lipinski definition) is 0. The van der Waals surface area contributed by atoms with Gasteiger partial charge >= 0.3 is 0 Å². The third-order valence-corrected chi connectivity index (χ3v) is 4.53.